The number of anilines is 1. The highest BCUT2D eigenvalue weighted by atomic mass is 32.3. The lowest BCUT2D eigenvalue weighted by Gasteiger charge is -1.98. The Labute approximate surface area is 94.3 Å². The third kappa shape index (κ3) is 9.16. The number of nitrogens with one attached hydrogen (secondary N) is 1. The molecular formula is C9H14N2O4S. The Hall–Kier alpha value is -1.41. The van der Waals surface area contributed by atoms with Gasteiger partial charge in [0.15, 0.2) is 0 Å². The van der Waals surface area contributed by atoms with Gasteiger partial charge in [-0.15, -0.1) is 0 Å². The van der Waals surface area contributed by atoms with Crippen molar-refractivity contribution in [3.63, 3.8) is 0 Å². The minimum absolute atomic E-state index is 0.929. The van der Waals surface area contributed by atoms with Crippen molar-refractivity contribution < 1.29 is 17.5 Å². The summed E-state index contributed by atoms with van der Waals surface area (Å²) in [7, 11) is -4.67. The highest BCUT2D eigenvalue weighted by Gasteiger charge is 1.86. The van der Waals surface area contributed by atoms with Gasteiger partial charge in [-0.25, -0.2) is 0 Å². The van der Waals surface area contributed by atoms with E-state index in [1.165, 1.54) is 5.56 Å². The van der Waals surface area contributed by atoms with Gasteiger partial charge in [-0.3, -0.25) is 14.9 Å². The molecule has 0 aliphatic rings. The van der Waals surface area contributed by atoms with Crippen molar-refractivity contribution in [3.05, 3.63) is 35.9 Å². The maximum atomic E-state index is 8.74. The van der Waals surface area contributed by atoms with Crippen LogP contribution in [0.5, 0.6) is 0 Å². The van der Waals surface area contributed by atoms with Gasteiger partial charge >= 0.3 is 10.4 Å². The molecule has 0 aliphatic heterocycles. The molecule has 0 aliphatic carbocycles. The van der Waals surface area contributed by atoms with E-state index in [0.29, 0.717) is 0 Å². The van der Waals surface area contributed by atoms with Gasteiger partial charge in [0.25, 0.3) is 0 Å². The Bertz CT molecular complexity index is 417. The summed E-state index contributed by atoms with van der Waals surface area (Å²) in [5, 5.41) is 0. The number of hydrazine groups is 1. The van der Waals surface area contributed by atoms with E-state index in [2.05, 4.69) is 5.43 Å². The van der Waals surface area contributed by atoms with Gasteiger partial charge in [-0.05, 0) is 24.6 Å². The molecule has 5 N–H and O–H groups in total. The summed E-state index contributed by atoms with van der Waals surface area (Å²) in [6.45, 7) is 2.00. The Morgan fingerprint density at radius 3 is 2.00 bits per heavy atom. The van der Waals surface area contributed by atoms with E-state index in [4.69, 9.17) is 23.4 Å². The second-order valence-electron chi connectivity index (χ2n) is 2.71. The molecule has 0 radical (unpaired) electrons. The van der Waals surface area contributed by atoms with Crippen LogP contribution in [0.25, 0.3) is 6.08 Å². The van der Waals surface area contributed by atoms with Crippen LogP contribution >= 0.6 is 0 Å². The van der Waals surface area contributed by atoms with Gasteiger partial charge in [-0.2, -0.15) is 8.42 Å². The second-order valence-corrected chi connectivity index (χ2v) is 3.61. The minimum Gasteiger partial charge on any atom is -0.324 e. The maximum Gasteiger partial charge on any atom is 0.394 e. The zero-order valence-electron chi connectivity index (χ0n) is 8.66. The predicted octanol–water partition coefficient (Wildman–Crippen LogP) is 1.35. The van der Waals surface area contributed by atoms with Crippen LogP contribution in [0.4, 0.5) is 5.69 Å². The third-order valence-electron chi connectivity index (χ3n) is 1.44. The van der Waals surface area contributed by atoms with Gasteiger partial charge in [-0.1, -0.05) is 24.3 Å². The van der Waals surface area contributed by atoms with Crippen molar-refractivity contribution >= 4 is 22.2 Å². The molecule has 90 valence electrons. The molecule has 1 aromatic carbocycles. The molecule has 1 rings (SSSR count). The van der Waals surface area contributed by atoms with Gasteiger partial charge in [0.05, 0.1) is 0 Å². The van der Waals surface area contributed by atoms with Crippen molar-refractivity contribution in [1.82, 2.24) is 0 Å². The first-order valence-electron chi connectivity index (χ1n) is 4.26. The van der Waals surface area contributed by atoms with E-state index in [9.17, 15) is 0 Å². The summed E-state index contributed by atoms with van der Waals surface area (Å²) in [6.07, 6.45) is 4.05. The Balaban J connectivity index is 0.000000385. The van der Waals surface area contributed by atoms with E-state index >= 15 is 0 Å². The number of nitrogens with two attached hydrogens (primary N) is 1. The molecule has 0 atom stereocenters. The van der Waals surface area contributed by atoms with Crippen LogP contribution in [-0.2, 0) is 10.4 Å². The molecule has 0 spiro atoms. The second kappa shape index (κ2) is 6.96. The first kappa shape index (κ1) is 14.6. The summed E-state index contributed by atoms with van der Waals surface area (Å²) in [4.78, 5) is 0. The summed E-state index contributed by atoms with van der Waals surface area (Å²) in [5.41, 5.74) is 4.69. The van der Waals surface area contributed by atoms with Crippen LogP contribution in [0.2, 0.25) is 0 Å². The molecule has 0 heterocycles. The molecule has 6 nitrogen and oxygen atoms in total. The molecule has 0 unspecified atom stereocenters. The van der Waals surface area contributed by atoms with Crippen molar-refractivity contribution in [2.75, 3.05) is 5.43 Å². The van der Waals surface area contributed by atoms with Crippen molar-refractivity contribution in [2.24, 2.45) is 5.84 Å². The summed E-state index contributed by atoms with van der Waals surface area (Å²) < 4.78 is 31.6. The highest BCUT2D eigenvalue weighted by Crippen LogP contribution is 2.08. The first-order valence-corrected chi connectivity index (χ1v) is 5.65. The largest absolute Gasteiger partial charge is 0.394 e. The predicted molar refractivity (Wildman–Crippen MR) is 63.1 cm³/mol. The van der Waals surface area contributed by atoms with Crippen molar-refractivity contribution in [3.8, 4) is 0 Å². The van der Waals surface area contributed by atoms with Crippen LogP contribution in [0.1, 0.15) is 12.5 Å². The normalized spacial score (nSPS) is 10.8. The topological polar surface area (TPSA) is 113 Å². The molecule has 0 amide bonds. The van der Waals surface area contributed by atoms with E-state index in [-0.39, 0.29) is 0 Å². The first-order chi connectivity index (χ1) is 7.36. The van der Waals surface area contributed by atoms with Crippen LogP contribution in [0.3, 0.4) is 0 Å². The molecule has 0 saturated heterocycles. The van der Waals surface area contributed by atoms with Crippen molar-refractivity contribution in [1.29, 1.82) is 0 Å². The van der Waals surface area contributed by atoms with E-state index in [0.717, 1.165) is 5.69 Å². The molecule has 16 heavy (non-hydrogen) atoms. The third-order valence-corrected chi connectivity index (χ3v) is 1.44. The molecule has 0 bridgehead atoms. The number of rotatable bonds is 2. The average molecular weight is 246 g/mol. The monoisotopic (exact) mass is 246 g/mol. The lowest BCUT2D eigenvalue weighted by Crippen LogP contribution is -2.05. The fourth-order valence-corrected chi connectivity index (χ4v) is 0.883. The van der Waals surface area contributed by atoms with E-state index in [1.54, 1.807) is 0 Å². The molecule has 0 fully saturated rings. The number of nitrogen functional groups attached to an aromatic ring is 1. The van der Waals surface area contributed by atoms with Crippen LogP contribution in [0.15, 0.2) is 30.3 Å². The number of allylic oxidation sites excluding steroid dienone is 1. The zero-order valence-corrected chi connectivity index (χ0v) is 9.48. The molecule has 0 aromatic heterocycles. The van der Waals surface area contributed by atoms with Gasteiger partial charge < -0.3 is 5.43 Å². The minimum atomic E-state index is -4.67. The fraction of sp³-hybridized carbons (Fsp3) is 0.111. The SMILES string of the molecule is CC=Cc1ccc(NN)cc1.O=S(=O)(O)O. The number of hydrogen-bond donors (Lipinski definition) is 4. The number of benzene rings is 1. The standard InChI is InChI=1S/C9H12N2.H2O4S/c1-2-3-8-4-6-9(11-10)7-5-8;1-5(2,3)4/h2-7,11H,10H2,1H3;(H2,1,2,3,4). The van der Waals surface area contributed by atoms with E-state index in [1.807, 2.05) is 43.3 Å². The lowest BCUT2D eigenvalue weighted by atomic mass is 10.2. The van der Waals surface area contributed by atoms with Crippen LogP contribution < -0.4 is 11.3 Å². The highest BCUT2D eigenvalue weighted by molar-refractivity contribution is 7.79. The quantitative estimate of drug-likeness (QED) is 0.356. The van der Waals surface area contributed by atoms with E-state index < -0.39 is 10.4 Å². The zero-order chi connectivity index (χ0) is 12.6. The van der Waals surface area contributed by atoms with Gasteiger partial charge in [0.2, 0.25) is 0 Å². The Morgan fingerprint density at radius 2 is 1.69 bits per heavy atom. The Kier molecular flexibility index (Phi) is 6.35. The van der Waals surface area contributed by atoms with Gasteiger partial charge in [0.1, 0.15) is 0 Å². The summed E-state index contributed by atoms with van der Waals surface area (Å²) >= 11 is 0. The fourth-order valence-electron chi connectivity index (χ4n) is 0.883. The maximum absolute atomic E-state index is 8.74. The molecule has 0 saturated carbocycles. The van der Waals surface area contributed by atoms with Crippen LogP contribution in [0, 0.1) is 0 Å². The van der Waals surface area contributed by atoms with Crippen molar-refractivity contribution in [2.45, 2.75) is 6.92 Å². The van der Waals surface area contributed by atoms with Gasteiger partial charge in [0, 0.05) is 5.69 Å². The molecule has 7 heteroatoms. The summed E-state index contributed by atoms with van der Waals surface area (Å²) in [5.74, 6) is 5.21. The lowest BCUT2D eigenvalue weighted by molar-refractivity contribution is 0.381. The average Bonchev–Trinajstić information content (AvgIpc) is 2.17. The number of hydrogen-bond acceptors (Lipinski definition) is 4. The Morgan fingerprint density at radius 1 is 1.25 bits per heavy atom. The van der Waals surface area contributed by atoms with Crippen LogP contribution in [-0.4, -0.2) is 17.5 Å². The molecule has 1 aromatic rings. The summed E-state index contributed by atoms with van der Waals surface area (Å²) in [6, 6.07) is 7.90. The molecular weight excluding hydrogens is 232 g/mol. The smallest absolute Gasteiger partial charge is 0.324 e.